The van der Waals surface area contributed by atoms with Crippen LogP contribution >= 0.6 is 0 Å². The molecular formula is C15H19N3O. The maximum atomic E-state index is 5.57. The molecule has 1 N–H and O–H groups in total. The summed E-state index contributed by atoms with van der Waals surface area (Å²) in [6.45, 7) is 7.02. The average molecular weight is 257 g/mol. The maximum Gasteiger partial charge on any atom is 0.321 e. The van der Waals surface area contributed by atoms with Crippen LogP contribution in [-0.2, 0) is 6.54 Å². The molecule has 0 radical (unpaired) electrons. The van der Waals surface area contributed by atoms with Crippen molar-refractivity contribution >= 4 is 0 Å². The van der Waals surface area contributed by atoms with Crippen LogP contribution in [0.15, 0.2) is 36.7 Å². The average Bonchev–Trinajstić information content (AvgIpc) is 2.40. The number of rotatable bonds is 5. The van der Waals surface area contributed by atoms with Gasteiger partial charge >= 0.3 is 6.01 Å². The molecule has 4 heteroatoms. The van der Waals surface area contributed by atoms with Gasteiger partial charge in [0.15, 0.2) is 0 Å². The molecule has 100 valence electrons. The van der Waals surface area contributed by atoms with E-state index in [4.69, 9.17) is 4.74 Å². The van der Waals surface area contributed by atoms with Gasteiger partial charge in [-0.2, -0.15) is 0 Å². The molecular weight excluding hydrogens is 238 g/mol. The number of nitrogens with one attached hydrogen (secondary N) is 1. The Hall–Kier alpha value is -1.94. The molecule has 19 heavy (non-hydrogen) atoms. The van der Waals surface area contributed by atoms with Gasteiger partial charge < -0.3 is 10.1 Å². The molecule has 2 rings (SSSR count). The van der Waals surface area contributed by atoms with Crippen molar-refractivity contribution in [2.75, 3.05) is 0 Å². The molecule has 2 aromatic rings. The van der Waals surface area contributed by atoms with Crippen LogP contribution in [0.5, 0.6) is 11.8 Å². The van der Waals surface area contributed by atoms with Crippen molar-refractivity contribution < 1.29 is 4.74 Å². The number of hydrogen-bond donors (Lipinski definition) is 1. The third-order valence-electron chi connectivity index (χ3n) is 2.63. The number of nitrogens with zero attached hydrogens (tertiary/aromatic N) is 2. The van der Waals surface area contributed by atoms with Gasteiger partial charge in [0, 0.05) is 30.5 Å². The SMILES string of the molecule is Cc1ccc(Oc2ncc(CNC(C)C)cn2)cc1. The van der Waals surface area contributed by atoms with Crippen molar-refractivity contribution in [2.24, 2.45) is 0 Å². The molecule has 0 aliphatic carbocycles. The van der Waals surface area contributed by atoms with Crippen LogP contribution in [0.25, 0.3) is 0 Å². The van der Waals surface area contributed by atoms with E-state index in [1.807, 2.05) is 31.2 Å². The fourth-order valence-electron chi connectivity index (χ4n) is 1.52. The zero-order chi connectivity index (χ0) is 13.7. The van der Waals surface area contributed by atoms with E-state index in [1.54, 1.807) is 12.4 Å². The highest BCUT2D eigenvalue weighted by molar-refractivity contribution is 5.28. The van der Waals surface area contributed by atoms with Crippen molar-refractivity contribution in [2.45, 2.75) is 33.4 Å². The lowest BCUT2D eigenvalue weighted by atomic mass is 10.2. The Labute approximate surface area is 113 Å². The van der Waals surface area contributed by atoms with E-state index in [0.29, 0.717) is 12.1 Å². The van der Waals surface area contributed by atoms with Crippen LogP contribution in [0.2, 0.25) is 0 Å². The van der Waals surface area contributed by atoms with Gasteiger partial charge in [-0.25, -0.2) is 9.97 Å². The van der Waals surface area contributed by atoms with Crippen LogP contribution in [-0.4, -0.2) is 16.0 Å². The van der Waals surface area contributed by atoms with Crippen molar-refractivity contribution in [3.63, 3.8) is 0 Å². The smallest absolute Gasteiger partial charge is 0.321 e. The Bertz CT molecular complexity index is 506. The summed E-state index contributed by atoms with van der Waals surface area (Å²) in [6, 6.07) is 8.63. The zero-order valence-electron chi connectivity index (χ0n) is 11.6. The minimum Gasteiger partial charge on any atom is -0.424 e. The monoisotopic (exact) mass is 257 g/mol. The second kappa shape index (κ2) is 6.29. The van der Waals surface area contributed by atoms with Gasteiger partial charge in [-0.05, 0) is 19.1 Å². The summed E-state index contributed by atoms with van der Waals surface area (Å²) in [4.78, 5) is 8.40. The first-order chi connectivity index (χ1) is 9.13. The molecule has 0 saturated carbocycles. The molecule has 1 heterocycles. The third kappa shape index (κ3) is 4.34. The van der Waals surface area contributed by atoms with Crippen LogP contribution in [0, 0.1) is 6.92 Å². The van der Waals surface area contributed by atoms with E-state index in [1.165, 1.54) is 5.56 Å². The molecule has 0 atom stereocenters. The molecule has 4 nitrogen and oxygen atoms in total. The second-order valence-electron chi connectivity index (χ2n) is 4.82. The standard InChI is InChI=1S/C15H19N3O/c1-11(2)16-8-13-9-17-15(18-10-13)19-14-6-4-12(3)5-7-14/h4-7,9-11,16H,8H2,1-3H3. The third-order valence-corrected chi connectivity index (χ3v) is 2.63. The Kier molecular flexibility index (Phi) is 4.47. The molecule has 0 unspecified atom stereocenters. The number of aryl methyl sites for hydroxylation is 1. The Morgan fingerprint density at radius 3 is 2.32 bits per heavy atom. The highest BCUT2D eigenvalue weighted by Gasteiger charge is 2.01. The fraction of sp³-hybridized carbons (Fsp3) is 0.333. The molecule has 0 fully saturated rings. The lowest BCUT2D eigenvalue weighted by molar-refractivity contribution is 0.440. The summed E-state index contributed by atoms with van der Waals surface area (Å²) in [5, 5.41) is 3.32. The van der Waals surface area contributed by atoms with Crippen molar-refractivity contribution in [3.8, 4) is 11.8 Å². The Morgan fingerprint density at radius 2 is 1.74 bits per heavy atom. The Morgan fingerprint density at radius 1 is 1.11 bits per heavy atom. The quantitative estimate of drug-likeness (QED) is 0.894. The van der Waals surface area contributed by atoms with E-state index >= 15 is 0 Å². The molecule has 0 saturated heterocycles. The molecule has 0 bridgehead atoms. The molecule has 1 aromatic carbocycles. The van der Waals surface area contributed by atoms with Crippen molar-refractivity contribution in [1.29, 1.82) is 0 Å². The minimum absolute atomic E-state index is 0.372. The highest BCUT2D eigenvalue weighted by atomic mass is 16.5. The van der Waals surface area contributed by atoms with Crippen LogP contribution < -0.4 is 10.1 Å². The van der Waals surface area contributed by atoms with Crippen LogP contribution in [0.4, 0.5) is 0 Å². The predicted molar refractivity (Wildman–Crippen MR) is 75.3 cm³/mol. The van der Waals surface area contributed by atoms with Gasteiger partial charge in [0.05, 0.1) is 0 Å². The van der Waals surface area contributed by atoms with Crippen molar-refractivity contribution in [1.82, 2.24) is 15.3 Å². The molecule has 1 aromatic heterocycles. The van der Waals surface area contributed by atoms with E-state index in [2.05, 4.69) is 29.1 Å². The van der Waals surface area contributed by atoms with E-state index in [0.717, 1.165) is 17.9 Å². The maximum absolute atomic E-state index is 5.57. The van der Waals surface area contributed by atoms with Crippen LogP contribution in [0.1, 0.15) is 25.0 Å². The number of benzene rings is 1. The lowest BCUT2D eigenvalue weighted by Gasteiger charge is -2.08. The van der Waals surface area contributed by atoms with Gasteiger partial charge in [-0.15, -0.1) is 0 Å². The van der Waals surface area contributed by atoms with Crippen molar-refractivity contribution in [3.05, 3.63) is 47.8 Å². The molecule has 0 aliphatic rings. The molecule has 0 spiro atoms. The summed E-state index contributed by atoms with van der Waals surface area (Å²) < 4.78 is 5.57. The first-order valence-electron chi connectivity index (χ1n) is 6.42. The summed E-state index contributed by atoms with van der Waals surface area (Å²) in [5.41, 5.74) is 2.24. The largest absolute Gasteiger partial charge is 0.424 e. The second-order valence-corrected chi connectivity index (χ2v) is 4.82. The zero-order valence-corrected chi connectivity index (χ0v) is 11.6. The highest BCUT2D eigenvalue weighted by Crippen LogP contribution is 2.17. The number of ether oxygens (including phenoxy) is 1. The predicted octanol–water partition coefficient (Wildman–Crippen LogP) is 3.08. The normalized spacial score (nSPS) is 10.7. The first-order valence-corrected chi connectivity index (χ1v) is 6.42. The van der Waals surface area contributed by atoms with Gasteiger partial charge in [0.25, 0.3) is 0 Å². The lowest BCUT2D eigenvalue weighted by Crippen LogP contribution is -2.21. The van der Waals surface area contributed by atoms with E-state index in [9.17, 15) is 0 Å². The molecule has 0 amide bonds. The topological polar surface area (TPSA) is 47.0 Å². The number of hydrogen-bond acceptors (Lipinski definition) is 4. The van der Waals surface area contributed by atoms with E-state index in [-0.39, 0.29) is 0 Å². The summed E-state index contributed by atoms with van der Waals surface area (Å²) in [5.74, 6) is 0.749. The van der Waals surface area contributed by atoms with Crippen LogP contribution in [0.3, 0.4) is 0 Å². The van der Waals surface area contributed by atoms with E-state index < -0.39 is 0 Å². The Balaban J connectivity index is 1.96. The molecule has 0 aliphatic heterocycles. The minimum atomic E-state index is 0.372. The van der Waals surface area contributed by atoms with Gasteiger partial charge in [-0.3, -0.25) is 0 Å². The van der Waals surface area contributed by atoms with Gasteiger partial charge in [0.1, 0.15) is 5.75 Å². The summed E-state index contributed by atoms with van der Waals surface area (Å²) in [6.07, 6.45) is 3.57. The number of aromatic nitrogens is 2. The van der Waals surface area contributed by atoms with Gasteiger partial charge in [0.2, 0.25) is 0 Å². The first kappa shape index (κ1) is 13.5. The summed E-state index contributed by atoms with van der Waals surface area (Å²) in [7, 11) is 0. The van der Waals surface area contributed by atoms with Gasteiger partial charge in [-0.1, -0.05) is 31.5 Å². The summed E-state index contributed by atoms with van der Waals surface area (Å²) >= 11 is 0. The fourth-order valence-corrected chi connectivity index (χ4v) is 1.52.